The summed E-state index contributed by atoms with van der Waals surface area (Å²) in [6.07, 6.45) is 1.25. The Morgan fingerprint density at radius 2 is 1.36 bits per heavy atom. The number of rotatable bonds is 6. The van der Waals surface area contributed by atoms with Crippen molar-refractivity contribution < 1.29 is 9.63 Å². The minimum Gasteiger partial charge on any atom is -0.266 e. The van der Waals surface area contributed by atoms with Crippen molar-refractivity contribution >= 4 is 11.6 Å². The molecule has 0 aliphatic heterocycles. The van der Waals surface area contributed by atoms with Crippen molar-refractivity contribution in [1.29, 1.82) is 0 Å². The van der Waals surface area contributed by atoms with Gasteiger partial charge in [0, 0.05) is 5.56 Å². The molecule has 124 valence electrons. The second-order valence-electron chi connectivity index (χ2n) is 5.47. The van der Waals surface area contributed by atoms with E-state index in [0.29, 0.717) is 11.3 Å². The Kier molecular flexibility index (Phi) is 5.39. The molecule has 0 fully saturated rings. The van der Waals surface area contributed by atoms with Crippen LogP contribution in [0.15, 0.2) is 104 Å². The summed E-state index contributed by atoms with van der Waals surface area (Å²) >= 11 is 0. The van der Waals surface area contributed by atoms with Gasteiger partial charge in [-0.3, -0.25) is 9.63 Å². The number of anilines is 1. The van der Waals surface area contributed by atoms with Gasteiger partial charge < -0.3 is 0 Å². The normalized spacial score (nSPS) is 11.5. The molecule has 3 heteroatoms. The van der Waals surface area contributed by atoms with Crippen molar-refractivity contribution in [2.24, 2.45) is 0 Å². The highest BCUT2D eigenvalue weighted by atomic mass is 16.7. The lowest BCUT2D eigenvalue weighted by molar-refractivity contribution is 0.0453. The lowest BCUT2D eigenvalue weighted by Gasteiger charge is -2.26. The first-order valence-corrected chi connectivity index (χ1v) is 8.08. The predicted molar refractivity (Wildman–Crippen MR) is 100 cm³/mol. The molecule has 1 amide bonds. The molecule has 3 rings (SSSR count). The van der Waals surface area contributed by atoms with E-state index in [-0.39, 0.29) is 5.91 Å². The lowest BCUT2D eigenvalue weighted by atomic mass is 10.1. The van der Waals surface area contributed by atoms with E-state index in [4.69, 9.17) is 4.84 Å². The third-order valence-electron chi connectivity index (χ3n) is 3.76. The average Bonchev–Trinajstić information content (AvgIpc) is 2.70. The van der Waals surface area contributed by atoms with Gasteiger partial charge in [0.25, 0.3) is 5.91 Å². The fourth-order valence-corrected chi connectivity index (χ4v) is 2.48. The molecule has 0 N–H and O–H groups in total. The van der Waals surface area contributed by atoms with Gasteiger partial charge in [0.05, 0.1) is 5.69 Å². The highest BCUT2D eigenvalue weighted by Crippen LogP contribution is 2.25. The van der Waals surface area contributed by atoms with Gasteiger partial charge in [0.15, 0.2) is 0 Å². The van der Waals surface area contributed by atoms with E-state index in [2.05, 4.69) is 6.58 Å². The molecular formula is C22H19NO2. The summed E-state index contributed by atoms with van der Waals surface area (Å²) in [6.45, 7) is 3.85. The molecule has 3 aromatic carbocycles. The Morgan fingerprint density at radius 3 is 1.92 bits per heavy atom. The first-order valence-electron chi connectivity index (χ1n) is 8.08. The molecular weight excluding hydrogens is 310 g/mol. The van der Waals surface area contributed by atoms with Gasteiger partial charge in [-0.1, -0.05) is 72.8 Å². The topological polar surface area (TPSA) is 29.5 Å². The zero-order chi connectivity index (χ0) is 17.5. The number of nitrogens with zero attached hydrogens (tertiary/aromatic N) is 1. The maximum atomic E-state index is 13.0. The first-order chi connectivity index (χ1) is 12.3. The van der Waals surface area contributed by atoms with Gasteiger partial charge >= 0.3 is 0 Å². The Hall–Kier alpha value is -3.17. The van der Waals surface area contributed by atoms with Crippen LogP contribution in [0, 0.1) is 0 Å². The summed E-state index contributed by atoms with van der Waals surface area (Å²) < 4.78 is 0. The molecule has 0 aliphatic carbocycles. The van der Waals surface area contributed by atoms with E-state index in [1.807, 2.05) is 78.9 Å². The fourth-order valence-electron chi connectivity index (χ4n) is 2.48. The molecule has 0 heterocycles. The highest BCUT2D eigenvalue weighted by molar-refractivity contribution is 6.04. The van der Waals surface area contributed by atoms with Gasteiger partial charge in [-0.05, 0) is 29.8 Å². The smallest absolute Gasteiger partial charge is 0.266 e. The third-order valence-corrected chi connectivity index (χ3v) is 3.76. The Labute approximate surface area is 147 Å². The molecule has 0 saturated carbocycles. The number of hydrogen-bond donors (Lipinski definition) is 0. The van der Waals surface area contributed by atoms with Crippen LogP contribution in [0.2, 0.25) is 0 Å². The number of para-hydroxylation sites is 1. The molecule has 0 aliphatic rings. The molecule has 3 nitrogen and oxygen atoms in total. The van der Waals surface area contributed by atoms with E-state index in [1.54, 1.807) is 18.2 Å². The van der Waals surface area contributed by atoms with E-state index in [9.17, 15) is 4.79 Å². The number of carbonyl (C=O) groups excluding carboxylic acids is 1. The zero-order valence-electron chi connectivity index (χ0n) is 13.8. The second-order valence-corrected chi connectivity index (χ2v) is 5.47. The summed E-state index contributed by atoms with van der Waals surface area (Å²) in [5.74, 6) is -0.227. The standard InChI is InChI=1S/C22H19NO2/c1-2-21(18-12-6-3-7-13-18)25-23(20-16-10-5-11-17-20)22(24)19-14-8-4-9-15-19/h2-17,21H,1H2/t21-/m0/s1. The molecule has 1 atom stereocenters. The summed E-state index contributed by atoms with van der Waals surface area (Å²) in [4.78, 5) is 19.0. The quantitative estimate of drug-likeness (QED) is 0.460. The largest absolute Gasteiger partial charge is 0.282 e. The molecule has 25 heavy (non-hydrogen) atoms. The van der Waals surface area contributed by atoms with E-state index in [0.717, 1.165) is 5.56 Å². The van der Waals surface area contributed by atoms with E-state index >= 15 is 0 Å². The van der Waals surface area contributed by atoms with Crippen molar-refractivity contribution in [3.8, 4) is 0 Å². The van der Waals surface area contributed by atoms with Crippen molar-refractivity contribution in [3.05, 3.63) is 115 Å². The monoisotopic (exact) mass is 329 g/mol. The number of benzene rings is 3. The SMILES string of the molecule is C=C[C@H](ON(C(=O)c1ccccc1)c1ccccc1)c1ccccc1. The fraction of sp³-hybridized carbons (Fsp3) is 0.0455. The molecule has 3 aromatic rings. The maximum Gasteiger partial charge on any atom is 0.282 e. The van der Waals surface area contributed by atoms with Gasteiger partial charge in [-0.2, -0.15) is 5.06 Å². The molecule has 0 aromatic heterocycles. The minimum atomic E-state index is -0.436. The van der Waals surface area contributed by atoms with Crippen molar-refractivity contribution in [3.63, 3.8) is 0 Å². The van der Waals surface area contributed by atoms with Crippen LogP contribution >= 0.6 is 0 Å². The summed E-state index contributed by atoms with van der Waals surface area (Å²) in [5.41, 5.74) is 2.15. The second kappa shape index (κ2) is 8.08. The van der Waals surface area contributed by atoms with E-state index < -0.39 is 6.10 Å². The van der Waals surface area contributed by atoms with Crippen LogP contribution in [0.25, 0.3) is 0 Å². The van der Waals surface area contributed by atoms with Crippen LogP contribution < -0.4 is 5.06 Å². The van der Waals surface area contributed by atoms with Crippen LogP contribution in [0.5, 0.6) is 0 Å². The van der Waals surface area contributed by atoms with Crippen LogP contribution in [0.3, 0.4) is 0 Å². The third kappa shape index (κ3) is 4.03. The molecule has 0 spiro atoms. The van der Waals surface area contributed by atoms with Gasteiger partial charge in [-0.15, -0.1) is 6.58 Å². The molecule has 0 saturated heterocycles. The lowest BCUT2D eigenvalue weighted by Crippen LogP contribution is -2.32. The van der Waals surface area contributed by atoms with E-state index in [1.165, 1.54) is 5.06 Å². The summed E-state index contributed by atoms with van der Waals surface area (Å²) in [6, 6.07) is 28.1. The number of hydrogen-bond acceptors (Lipinski definition) is 2. The predicted octanol–water partition coefficient (Wildman–Crippen LogP) is 5.19. The van der Waals surface area contributed by atoms with Crippen LogP contribution in [0.4, 0.5) is 5.69 Å². The number of amides is 1. The molecule has 0 unspecified atom stereocenters. The van der Waals surface area contributed by atoms with Crippen LogP contribution in [0.1, 0.15) is 22.0 Å². The van der Waals surface area contributed by atoms with Crippen LogP contribution in [-0.2, 0) is 4.84 Å². The minimum absolute atomic E-state index is 0.227. The summed E-state index contributed by atoms with van der Waals surface area (Å²) in [5, 5.41) is 1.33. The number of carbonyl (C=O) groups is 1. The van der Waals surface area contributed by atoms with Gasteiger partial charge in [0.1, 0.15) is 6.10 Å². The average molecular weight is 329 g/mol. The first kappa shape index (κ1) is 16.7. The van der Waals surface area contributed by atoms with Gasteiger partial charge in [0.2, 0.25) is 0 Å². The maximum absolute atomic E-state index is 13.0. The zero-order valence-corrected chi connectivity index (χ0v) is 13.8. The van der Waals surface area contributed by atoms with Gasteiger partial charge in [-0.25, -0.2) is 0 Å². The van der Waals surface area contributed by atoms with Crippen molar-refractivity contribution in [2.45, 2.75) is 6.10 Å². The number of hydroxylamine groups is 1. The summed E-state index contributed by atoms with van der Waals surface area (Å²) in [7, 11) is 0. The van der Waals surface area contributed by atoms with Crippen molar-refractivity contribution in [1.82, 2.24) is 0 Å². The Morgan fingerprint density at radius 1 is 0.840 bits per heavy atom. The molecule has 0 radical (unpaired) electrons. The Balaban J connectivity index is 1.94. The Bertz CT molecular complexity index is 816. The van der Waals surface area contributed by atoms with Crippen molar-refractivity contribution in [2.75, 3.05) is 5.06 Å². The highest BCUT2D eigenvalue weighted by Gasteiger charge is 2.22. The molecule has 0 bridgehead atoms. The van der Waals surface area contributed by atoms with Crippen LogP contribution in [-0.4, -0.2) is 5.91 Å².